The van der Waals surface area contributed by atoms with Gasteiger partial charge in [-0.3, -0.25) is 0 Å². The Morgan fingerprint density at radius 1 is 0.889 bits per heavy atom. The van der Waals surface area contributed by atoms with Gasteiger partial charge in [-0.15, -0.1) is 0 Å². The van der Waals surface area contributed by atoms with E-state index >= 15 is 0 Å². The van der Waals surface area contributed by atoms with E-state index in [0.717, 1.165) is 46.6 Å². The van der Waals surface area contributed by atoms with E-state index in [0.29, 0.717) is 0 Å². The maximum Gasteiger partial charge on any atom is 0.339 e. The third-order valence-corrected chi connectivity index (χ3v) is 3.86. The Morgan fingerprint density at radius 2 is 1.72 bits per heavy atom. The molecular weight excluding hydrogens is 224 g/mol. The number of benzene rings is 2. The highest BCUT2D eigenvalue weighted by atomic mass is 16.4. The molecule has 0 spiro atoms. The van der Waals surface area contributed by atoms with E-state index in [1.54, 1.807) is 0 Å². The predicted octanol–water partition coefficient (Wildman–Crippen LogP) is 3.43. The van der Waals surface area contributed by atoms with Gasteiger partial charge in [0, 0.05) is 16.3 Å². The van der Waals surface area contributed by atoms with Crippen molar-refractivity contribution in [2.24, 2.45) is 0 Å². The Morgan fingerprint density at radius 3 is 2.67 bits per heavy atom. The molecule has 1 aliphatic carbocycles. The third kappa shape index (κ3) is 1.20. The minimum atomic E-state index is -0.147. The minimum Gasteiger partial charge on any atom is -0.422 e. The average Bonchev–Trinajstić information content (AvgIpc) is 2.89. The summed E-state index contributed by atoms with van der Waals surface area (Å²) >= 11 is 0. The maximum absolute atomic E-state index is 12.0. The Hall–Kier alpha value is -2.09. The summed E-state index contributed by atoms with van der Waals surface area (Å²) in [6, 6.07) is 12.2. The summed E-state index contributed by atoms with van der Waals surface area (Å²) in [5, 5.41) is 3.26. The molecule has 0 bridgehead atoms. The van der Waals surface area contributed by atoms with Crippen LogP contribution in [0.5, 0.6) is 0 Å². The lowest BCUT2D eigenvalue weighted by atomic mass is 10.0. The van der Waals surface area contributed by atoms with Crippen LogP contribution in [0, 0.1) is 0 Å². The van der Waals surface area contributed by atoms with Crippen molar-refractivity contribution in [3.8, 4) is 0 Å². The van der Waals surface area contributed by atoms with Crippen molar-refractivity contribution >= 4 is 21.7 Å². The first-order chi connectivity index (χ1) is 8.84. The number of rotatable bonds is 0. The van der Waals surface area contributed by atoms with Gasteiger partial charge in [-0.25, -0.2) is 4.79 Å². The Balaban J connectivity index is 2.28. The van der Waals surface area contributed by atoms with E-state index in [2.05, 4.69) is 12.1 Å². The predicted molar refractivity (Wildman–Crippen MR) is 72.0 cm³/mol. The first-order valence-electron chi connectivity index (χ1n) is 6.31. The lowest BCUT2D eigenvalue weighted by Gasteiger charge is -2.06. The smallest absolute Gasteiger partial charge is 0.339 e. The molecule has 2 nitrogen and oxygen atoms in total. The molecule has 0 saturated carbocycles. The molecule has 0 unspecified atom stereocenters. The first kappa shape index (κ1) is 9.89. The van der Waals surface area contributed by atoms with Crippen molar-refractivity contribution in [1.82, 2.24) is 0 Å². The minimum absolute atomic E-state index is 0.147. The number of hydrogen-bond donors (Lipinski definition) is 0. The number of hydrogen-bond acceptors (Lipinski definition) is 2. The fourth-order valence-corrected chi connectivity index (χ4v) is 3.01. The maximum atomic E-state index is 12.0. The monoisotopic (exact) mass is 236 g/mol. The van der Waals surface area contributed by atoms with Gasteiger partial charge in [-0.05, 0) is 30.2 Å². The van der Waals surface area contributed by atoms with Crippen molar-refractivity contribution in [1.29, 1.82) is 0 Å². The van der Waals surface area contributed by atoms with E-state index in [1.807, 2.05) is 24.3 Å². The van der Waals surface area contributed by atoms with E-state index in [1.165, 1.54) is 5.56 Å². The molecule has 0 atom stereocenters. The summed E-state index contributed by atoms with van der Waals surface area (Å²) < 4.78 is 5.56. The van der Waals surface area contributed by atoms with Crippen LogP contribution in [0.25, 0.3) is 21.7 Å². The van der Waals surface area contributed by atoms with Gasteiger partial charge in [0.15, 0.2) is 0 Å². The first-order valence-corrected chi connectivity index (χ1v) is 6.31. The molecule has 0 saturated heterocycles. The number of fused-ring (bicyclic) bond motifs is 5. The molecule has 0 N–H and O–H groups in total. The second-order valence-electron chi connectivity index (χ2n) is 4.86. The van der Waals surface area contributed by atoms with E-state index in [-0.39, 0.29) is 5.63 Å². The quantitative estimate of drug-likeness (QED) is 0.442. The standard InChI is InChI=1S/C16H12O2/c17-16-14-7-3-6-12(14)13-9-8-10-4-1-2-5-11(10)15(13)18-16/h1-2,4-5,8-9H,3,6-7H2. The molecule has 4 rings (SSSR count). The Labute approximate surface area is 104 Å². The van der Waals surface area contributed by atoms with Gasteiger partial charge in [-0.1, -0.05) is 36.4 Å². The van der Waals surface area contributed by atoms with Crippen LogP contribution in [0.4, 0.5) is 0 Å². The van der Waals surface area contributed by atoms with Crippen LogP contribution in [-0.2, 0) is 12.8 Å². The molecule has 1 heterocycles. The second-order valence-corrected chi connectivity index (χ2v) is 4.86. The summed E-state index contributed by atoms with van der Waals surface area (Å²) in [6.45, 7) is 0. The van der Waals surface area contributed by atoms with Crippen LogP contribution < -0.4 is 5.63 Å². The van der Waals surface area contributed by atoms with Crippen LogP contribution in [0.3, 0.4) is 0 Å². The van der Waals surface area contributed by atoms with Gasteiger partial charge < -0.3 is 4.42 Å². The molecule has 1 aliphatic rings. The van der Waals surface area contributed by atoms with Crippen molar-refractivity contribution in [3.63, 3.8) is 0 Å². The van der Waals surface area contributed by atoms with Crippen molar-refractivity contribution < 1.29 is 4.42 Å². The lowest BCUT2D eigenvalue weighted by Crippen LogP contribution is -2.06. The molecular formula is C16H12O2. The zero-order chi connectivity index (χ0) is 12.1. The Kier molecular flexibility index (Phi) is 1.90. The van der Waals surface area contributed by atoms with E-state index in [4.69, 9.17) is 4.42 Å². The molecule has 0 radical (unpaired) electrons. The molecule has 3 aromatic rings. The summed E-state index contributed by atoms with van der Waals surface area (Å²) in [5.41, 5.74) is 2.69. The molecule has 2 aromatic carbocycles. The van der Waals surface area contributed by atoms with Gasteiger partial charge >= 0.3 is 5.63 Å². The number of aryl methyl sites for hydroxylation is 1. The largest absolute Gasteiger partial charge is 0.422 e. The average molecular weight is 236 g/mol. The second kappa shape index (κ2) is 3.45. The molecule has 0 aliphatic heterocycles. The molecule has 2 heteroatoms. The molecule has 0 amide bonds. The highest BCUT2D eigenvalue weighted by Gasteiger charge is 2.20. The SMILES string of the molecule is O=c1oc2c(ccc3ccccc32)c2c1CCC2. The molecule has 0 fully saturated rings. The third-order valence-electron chi connectivity index (χ3n) is 3.86. The van der Waals surface area contributed by atoms with Gasteiger partial charge in [0.1, 0.15) is 5.58 Å². The van der Waals surface area contributed by atoms with Gasteiger partial charge in [0.2, 0.25) is 0 Å². The molecule has 18 heavy (non-hydrogen) atoms. The fraction of sp³-hybridized carbons (Fsp3) is 0.188. The van der Waals surface area contributed by atoms with Gasteiger partial charge in [-0.2, -0.15) is 0 Å². The van der Waals surface area contributed by atoms with Gasteiger partial charge in [0.05, 0.1) is 0 Å². The summed E-state index contributed by atoms with van der Waals surface area (Å²) in [7, 11) is 0. The van der Waals surface area contributed by atoms with Crippen LogP contribution in [-0.4, -0.2) is 0 Å². The van der Waals surface area contributed by atoms with Crippen molar-refractivity contribution in [2.45, 2.75) is 19.3 Å². The van der Waals surface area contributed by atoms with Crippen LogP contribution in [0.15, 0.2) is 45.6 Å². The zero-order valence-corrected chi connectivity index (χ0v) is 9.90. The normalized spacial score (nSPS) is 14.2. The van der Waals surface area contributed by atoms with Crippen molar-refractivity contribution in [2.75, 3.05) is 0 Å². The molecule has 1 aromatic heterocycles. The van der Waals surface area contributed by atoms with Crippen LogP contribution >= 0.6 is 0 Å². The summed E-state index contributed by atoms with van der Waals surface area (Å²) in [5.74, 6) is 0. The topological polar surface area (TPSA) is 30.2 Å². The van der Waals surface area contributed by atoms with Crippen molar-refractivity contribution in [3.05, 3.63) is 57.9 Å². The van der Waals surface area contributed by atoms with Gasteiger partial charge in [0.25, 0.3) is 0 Å². The van der Waals surface area contributed by atoms with Crippen LogP contribution in [0.2, 0.25) is 0 Å². The fourth-order valence-electron chi connectivity index (χ4n) is 3.01. The highest BCUT2D eigenvalue weighted by molar-refractivity contribution is 6.05. The summed E-state index contributed by atoms with van der Waals surface area (Å²) in [6.07, 6.45) is 2.92. The summed E-state index contributed by atoms with van der Waals surface area (Å²) in [4.78, 5) is 12.0. The van der Waals surface area contributed by atoms with Crippen LogP contribution in [0.1, 0.15) is 17.5 Å². The van der Waals surface area contributed by atoms with E-state index in [9.17, 15) is 4.79 Å². The van der Waals surface area contributed by atoms with E-state index < -0.39 is 0 Å². The zero-order valence-electron chi connectivity index (χ0n) is 9.90. The highest BCUT2D eigenvalue weighted by Crippen LogP contribution is 2.31. The lowest BCUT2D eigenvalue weighted by molar-refractivity contribution is 0.555. The Bertz CT molecular complexity index is 827. The molecule has 88 valence electrons.